The van der Waals surface area contributed by atoms with Crippen molar-refractivity contribution in [1.82, 2.24) is 10.2 Å². The number of rotatable bonds is 7. The molecule has 1 amide bonds. The van der Waals surface area contributed by atoms with Gasteiger partial charge in [0.2, 0.25) is 0 Å². The van der Waals surface area contributed by atoms with Gasteiger partial charge in [-0.25, -0.2) is 4.39 Å². The summed E-state index contributed by atoms with van der Waals surface area (Å²) in [6, 6.07) is 18.8. The van der Waals surface area contributed by atoms with Crippen LogP contribution >= 0.6 is 0 Å². The standard InChI is InChI=1S/C24H26FN3O/c25-23-8-6-19(7-9-23)10-13-27-18-22(17-26)24(29)28-14-11-21(12-15-28)16-20-4-2-1-3-5-20/h1-9,18,21,27H,10-16H2/b22-18-. The molecule has 1 fully saturated rings. The number of piperidine rings is 1. The molecule has 3 rings (SSSR count). The first kappa shape index (κ1) is 20.6. The Labute approximate surface area is 171 Å². The van der Waals surface area contributed by atoms with Crippen molar-refractivity contribution >= 4 is 5.91 Å². The molecule has 1 N–H and O–H groups in total. The molecule has 4 nitrogen and oxygen atoms in total. The molecule has 0 radical (unpaired) electrons. The smallest absolute Gasteiger partial charge is 0.265 e. The number of hydrogen-bond acceptors (Lipinski definition) is 3. The van der Waals surface area contributed by atoms with Crippen molar-refractivity contribution in [3.63, 3.8) is 0 Å². The molecule has 0 spiro atoms. The second kappa shape index (κ2) is 10.4. The molecule has 0 unspecified atom stereocenters. The highest BCUT2D eigenvalue weighted by Gasteiger charge is 2.25. The van der Waals surface area contributed by atoms with E-state index in [1.165, 1.54) is 23.9 Å². The molecule has 2 aromatic carbocycles. The van der Waals surface area contributed by atoms with Crippen LogP contribution in [0.15, 0.2) is 66.4 Å². The molecule has 0 atom stereocenters. The molecule has 150 valence electrons. The van der Waals surface area contributed by atoms with Crippen LogP contribution in [0, 0.1) is 23.1 Å². The average molecular weight is 391 g/mol. The average Bonchev–Trinajstić information content (AvgIpc) is 2.76. The second-order valence-electron chi connectivity index (χ2n) is 7.43. The predicted molar refractivity (Wildman–Crippen MR) is 111 cm³/mol. The molecular formula is C24H26FN3O. The van der Waals surface area contributed by atoms with Gasteiger partial charge in [0, 0.05) is 25.8 Å². The molecule has 1 heterocycles. The quantitative estimate of drug-likeness (QED) is 0.443. The maximum absolute atomic E-state index is 12.9. The third-order valence-corrected chi connectivity index (χ3v) is 5.34. The summed E-state index contributed by atoms with van der Waals surface area (Å²) in [6.45, 7) is 1.94. The molecule has 5 heteroatoms. The maximum atomic E-state index is 12.9. The number of carbonyl (C=O) groups is 1. The van der Waals surface area contributed by atoms with E-state index in [1.807, 2.05) is 12.1 Å². The lowest BCUT2D eigenvalue weighted by molar-refractivity contribution is -0.128. The van der Waals surface area contributed by atoms with E-state index in [1.54, 1.807) is 17.0 Å². The van der Waals surface area contributed by atoms with Gasteiger partial charge in [-0.15, -0.1) is 0 Å². The fourth-order valence-electron chi connectivity index (χ4n) is 3.64. The molecule has 1 aliphatic rings. The minimum atomic E-state index is -0.258. The Morgan fingerprint density at radius 1 is 1.10 bits per heavy atom. The van der Waals surface area contributed by atoms with Gasteiger partial charge in [0.1, 0.15) is 17.5 Å². The summed E-state index contributed by atoms with van der Waals surface area (Å²) < 4.78 is 12.9. The van der Waals surface area contributed by atoms with Crippen LogP contribution in [0.4, 0.5) is 4.39 Å². The van der Waals surface area contributed by atoms with Crippen LogP contribution in [0.25, 0.3) is 0 Å². The van der Waals surface area contributed by atoms with E-state index in [4.69, 9.17) is 0 Å². The predicted octanol–water partition coefficient (Wildman–Crippen LogP) is 3.85. The summed E-state index contributed by atoms with van der Waals surface area (Å²) in [5, 5.41) is 12.4. The van der Waals surface area contributed by atoms with Crippen molar-refractivity contribution in [3.05, 3.63) is 83.3 Å². The van der Waals surface area contributed by atoms with Gasteiger partial charge in [-0.1, -0.05) is 42.5 Å². The largest absolute Gasteiger partial charge is 0.389 e. The Morgan fingerprint density at radius 3 is 2.45 bits per heavy atom. The third-order valence-electron chi connectivity index (χ3n) is 5.34. The molecule has 0 bridgehead atoms. The lowest BCUT2D eigenvalue weighted by atomic mass is 9.90. The molecule has 1 saturated heterocycles. The van der Waals surface area contributed by atoms with Crippen molar-refractivity contribution in [2.24, 2.45) is 5.92 Å². The summed E-state index contributed by atoms with van der Waals surface area (Å²) in [5.41, 5.74) is 2.46. The van der Waals surface area contributed by atoms with Crippen LogP contribution in [0.3, 0.4) is 0 Å². The zero-order valence-corrected chi connectivity index (χ0v) is 16.5. The van der Waals surface area contributed by atoms with E-state index in [9.17, 15) is 14.4 Å². The van der Waals surface area contributed by atoms with Crippen LogP contribution in [0.5, 0.6) is 0 Å². The van der Waals surface area contributed by atoms with Crippen LogP contribution in [-0.4, -0.2) is 30.4 Å². The first-order valence-electron chi connectivity index (χ1n) is 10.1. The number of amides is 1. The summed E-state index contributed by atoms with van der Waals surface area (Å²) in [5.74, 6) is 0.108. The SMILES string of the molecule is N#C/C(=C/NCCc1ccc(F)cc1)C(=O)N1CCC(Cc2ccccc2)CC1. The van der Waals surface area contributed by atoms with Crippen LogP contribution in [0.1, 0.15) is 24.0 Å². The van der Waals surface area contributed by atoms with Crippen LogP contribution in [0.2, 0.25) is 0 Å². The van der Waals surface area contributed by atoms with Crippen molar-refractivity contribution in [2.75, 3.05) is 19.6 Å². The van der Waals surface area contributed by atoms with Gasteiger partial charge in [-0.2, -0.15) is 5.26 Å². The first-order chi connectivity index (χ1) is 14.2. The summed E-state index contributed by atoms with van der Waals surface area (Å²) in [7, 11) is 0. The lowest BCUT2D eigenvalue weighted by Gasteiger charge is -2.32. The zero-order chi connectivity index (χ0) is 20.5. The molecule has 1 aliphatic heterocycles. The molecular weight excluding hydrogens is 365 g/mol. The zero-order valence-electron chi connectivity index (χ0n) is 16.5. The fourth-order valence-corrected chi connectivity index (χ4v) is 3.64. The maximum Gasteiger partial charge on any atom is 0.265 e. The van der Waals surface area contributed by atoms with Crippen molar-refractivity contribution < 1.29 is 9.18 Å². The molecule has 29 heavy (non-hydrogen) atoms. The molecule has 0 aliphatic carbocycles. The third kappa shape index (κ3) is 6.18. The fraction of sp³-hybridized carbons (Fsp3) is 0.333. The van der Waals surface area contributed by atoms with E-state index in [2.05, 4.69) is 29.6 Å². The van der Waals surface area contributed by atoms with Crippen molar-refractivity contribution in [3.8, 4) is 6.07 Å². The van der Waals surface area contributed by atoms with E-state index in [0.717, 1.165) is 24.8 Å². The van der Waals surface area contributed by atoms with E-state index < -0.39 is 0 Å². The summed E-state index contributed by atoms with van der Waals surface area (Å²) in [4.78, 5) is 14.4. The number of likely N-dealkylation sites (tertiary alicyclic amines) is 1. The second-order valence-corrected chi connectivity index (χ2v) is 7.43. The van der Waals surface area contributed by atoms with Crippen LogP contribution < -0.4 is 5.32 Å². The van der Waals surface area contributed by atoms with Gasteiger partial charge in [0.25, 0.3) is 5.91 Å². The number of nitrogens with one attached hydrogen (secondary N) is 1. The van der Waals surface area contributed by atoms with Gasteiger partial charge in [-0.05, 0) is 54.9 Å². The van der Waals surface area contributed by atoms with Crippen molar-refractivity contribution in [1.29, 1.82) is 5.26 Å². The molecule has 0 saturated carbocycles. The van der Waals surface area contributed by atoms with Gasteiger partial charge in [0.05, 0.1) is 0 Å². The monoisotopic (exact) mass is 391 g/mol. The van der Waals surface area contributed by atoms with Crippen molar-refractivity contribution in [2.45, 2.75) is 25.7 Å². The Kier molecular flexibility index (Phi) is 7.40. The molecule has 0 aromatic heterocycles. The highest BCUT2D eigenvalue weighted by Crippen LogP contribution is 2.22. The minimum Gasteiger partial charge on any atom is -0.389 e. The Morgan fingerprint density at radius 2 is 1.79 bits per heavy atom. The van der Waals surface area contributed by atoms with E-state index >= 15 is 0 Å². The normalized spacial score (nSPS) is 15.0. The number of halogens is 1. The topological polar surface area (TPSA) is 56.1 Å². The van der Waals surface area contributed by atoms with Gasteiger partial charge in [0.15, 0.2) is 0 Å². The number of hydrogen-bond donors (Lipinski definition) is 1. The van der Waals surface area contributed by atoms with Gasteiger partial charge >= 0.3 is 0 Å². The van der Waals surface area contributed by atoms with Crippen LogP contribution in [-0.2, 0) is 17.6 Å². The van der Waals surface area contributed by atoms with Gasteiger partial charge in [-0.3, -0.25) is 4.79 Å². The highest BCUT2D eigenvalue weighted by atomic mass is 19.1. The minimum absolute atomic E-state index is 0.130. The van der Waals surface area contributed by atoms with E-state index in [-0.39, 0.29) is 17.3 Å². The number of benzene rings is 2. The molecule has 2 aromatic rings. The highest BCUT2D eigenvalue weighted by molar-refractivity contribution is 5.97. The Bertz CT molecular complexity index is 863. The summed E-state index contributed by atoms with van der Waals surface area (Å²) in [6.07, 6.45) is 5.14. The Balaban J connectivity index is 1.45. The van der Waals surface area contributed by atoms with Gasteiger partial charge < -0.3 is 10.2 Å². The number of nitriles is 1. The first-order valence-corrected chi connectivity index (χ1v) is 10.1. The van der Waals surface area contributed by atoms with E-state index in [0.29, 0.717) is 32.0 Å². The summed E-state index contributed by atoms with van der Waals surface area (Å²) >= 11 is 0. The number of nitrogens with zero attached hydrogens (tertiary/aromatic N) is 2. The lowest BCUT2D eigenvalue weighted by Crippen LogP contribution is -2.39. The number of carbonyl (C=O) groups excluding carboxylic acids is 1. The Hall–Kier alpha value is -3.13.